The lowest BCUT2D eigenvalue weighted by Crippen LogP contribution is -2.02. The monoisotopic (exact) mass is 264 g/mol. The largest absolute Gasteiger partial charge is 0.493 e. The fraction of sp³-hybridized carbons (Fsp3) is 0.400. The molecule has 0 N–H and O–H groups in total. The van der Waals surface area contributed by atoms with Crippen LogP contribution < -0.4 is 9.47 Å². The maximum Gasteiger partial charge on any atom is 0.193 e. The van der Waals surface area contributed by atoms with E-state index in [0.29, 0.717) is 23.9 Å². The van der Waals surface area contributed by atoms with Crippen LogP contribution in [0, 0.1) is 0 Å². The number of hydrogen-bond donors (Lipinski definition) is 0. The first-order chi connectivity index (χ1) is 9.12. The molecular weight excluding hydrogens is 244 g/mol. The summed E-state index contributed by atoms with van der Waals surface area (Å²) in [6.07, 6.45) is 2.55. The molecule has 0 unspecified atom stereocenters. The van der Waals surface area contributed by atoms with Crippen LogP contribution in [0.4, 0.5) is 0 Å². The molecule has 1 rings (SSSR count). The number of rotatable bonds is 7. The van der Waals surface area contributed by atoms with Crippen molar-refractivity contribution < 1.29 is 19.0 Å². The fourth-order valence-electron chi connectivity index (χ4n) is 1.62. The predicted molar refractivity (Wildman–Crippen MR) is 73.4 cm³/mol. The third-order valence-electron chi connectivity index (χ3n) is 2.58. The Morgan fingerprint density at radius 3 is 2.42 bits per heavy atom. The molecule has 19 heavy (non-hydrogen) atoms. The van der Waals surface area contributed by atoms with E-state index < -0.39 is 0 Å². The van der Waals surface area contributed by atoms with Gasteiger partial charge in [0.25, 0.3) is 0 Å². The van der Waals surface area contributed by atoms with Gasteiger partial charge in [-0.3, -0.25) is 4.79 Å². The summed E-state index contributed by atoms with van der Waals surface area (Å²) in [5, 5.41) is 0. The molecule has 104 valence electrons. The molecule has 0 aliphatic carbocycles. The minimum Gasteiger partial charge on any atom is -0.493 e. The highest BCUT2D eigenvalue weighted by molar-refractivity contribution is 5.91. The molecule has 0 atom stereocenters. The molecule has 0 radical (unpaired) electrons. The Kier molecular flexibility index (Phi) is 5.93. The highest BCUT2D eigenvalue weighted by Crippen LogP contribution is 2.28. The molecule has 4 heteroatoms. The van der Waals surface area contributed by atoms with E-state index in [1.807, 2.05) is 25.1 Å². The van der Waals surface area contributed by atoms with Crippen LogP contribution in [0.25, 0.3) is 0 Å². The molecular formula is C15H20O4. The Morgan fingerprint density at radius 1 is 1.21 bits per heavy atom. The second kappa shape index (κ2) is 7.46. The zero-order valence-electron chi connectivity index (χ0n) is 11.9. The average molecular weight is 264 g/mol. The summed E-state index contributed by atoms with van der Waals surface area (Å²) in [6, 6.07) is 5.53. The van der Waals surface area contributed by atoms with Gasteiger partial charge in [0.1, 0.15) is 6.61 Å². The minimum absolute atomic E-state index is 0.0673. The summed E-state index contributed by atoms with van der Waals surface area (Å²) in [6.45, 7) is 3.78. The highest BCUT2D eigenvalue weighted by Gasteiger charge is 2.07. The van der Waals surface area contributed by atoms with E-state index in [1.165, 1.54) is 6.92 Å². The summed E-state index contributed by atoms with van der Waals surface area (Å²) in [5.74, 6) is 1.65. The molecule has 0 saturated carbocycles. The van der Waals surface area contributed by atoms with Crippen LogP contribution in [0.2, 0.25) is 0 Å². The number of benzene rings is 1. The summed E-state index contributed by atoms with van der Waals surface area (Å²) in [7, 11) is 3.17. The van der Waals surface area contributed by atoms with Crippen LogP contribution in [-0.2, 0) is 16.1 Å². The average Bonchev–Trinajstić information content (AvgIpc) is 2.42. The first-order valence-electron chi connectivity index (χ1n) is 6.17. The number of methoxy groups -OCH3 is 2. The van der Waals surface area contributed by atoms with Crippen LogP contribution in [0.5, 0.6) is 11.5 Å². The maximum atomic E-state index is 11.3. The highest BCUT2D eigenvalue weighted by atomic mass is 16.5. The smallest absolute Gasteiger partial charge is 0.193 e. The van der Waals surface area contributed by atoms with Crippen molar-refractivity contribution >= 4 is 5.78 Å². The lowest BCUT2D eigenvalue weighted by molar-refractivity contribution is -0.117. The molecule has 0 aliphatic heterocycles. The minimum atomic E-state index is -0.0673. The quantitative estimate of drug-likeness (QED) is 0.560. The Hall–Kier alpha value is -1.97. The van der Waals surface area contributed by atoms with Gasteiger partial charge >= 0.3 is 0 Å². The molecule has 0 saturated heterocycles. The second-order valence-electron chi connectivity index (χ2n) is 4.01. The molecule has 0 amide bonds. The normalized spacial score (nSPS) is 11.1. The number of ketones is 1. The molecule has 0 spiro atoms. The molecule has 0 heterocycles. The van der Waals surface area contributed by atoms with E-state index in [4.69, 9.17) is 14.2 Å². The SMILES string of the molecule is CC/C=C(/OCc1ccc(OC)c(OC)c1)C(C)=O. The summed E-state index contributed by atoms with van der Waals surface area (Å²) >= 11 is 0. The first-order valence-corrected chi connectivity index (χ1v) is 6.17. The zero-order chi connectivity index (χ0) is 14.3. The van der Waals surface area contributed by atoms with E-state index >= 15 is 0 Å². The predicted octanol–water partition coefficient (Wildman–Crippen LogP) is 3.10. The van der Waals surface area contributed by atoms with Crippen LogP contribution in [0.1, 0.15) is 25.8 Å². The second-order valence-corrected chi connectivity index (χ2v) is 4.01. The van der Waals surface area contributed by atoms with E-state index in [9.17, 15) is 4.79 Å². The molecule has 0 fully saturated rings. The fourth-order valence-corrected chi connectivity index (χ4v) is 1.62. The van der Waals surface area contributed by atoms with Gasteiger partial charge in [-0.1, -0.05) is 13.0 Å². The van der Waals surface area contributed by atoms with Crippen LogP contribution in [0.3, 0.4) is 0 Å². The van der Waals surface area contributed by atoms with Crippen molar-refractivity contribution in [1.29, 1.82) is 0 Å². The number of carbonyl (C=O) groups is 1. The molecule has 1 aromatic rings. The van der Waals surface area contributed by atoms with Gasteiger partial charge in [-0.2, -0.15) is 0 Å². The van der Waals surface area contributed by atoms with Gasteiger partial charge in [-0.05, 0) is 30.2 Å². The van der Waals surface area contributed by atoms with Gasteiger partial charge in [0.05, 0.1) is 14.2 Å². The molecule has 4 nitrogen and oxygen atoms in total. The van der Waals surface area contributed by atoms with E-state index in [-0.39, 0.29) is 5.78 Å². The standard InChI is InChI=1S/C15H20O4/c1-5-6-13(11(2)16)19-10-12-7-8-14(17-3)15(9-12)18-4/h6-9H,5,10H2,1-4H3/b13-6+. The Morgan fingerprint density at radius 2 is 1.89 bits per heavy atom. The van der Waals surface area contributed by atoms with Crippen molar-refractivity contribution in [1.82, 2.24) is 0 Å². The number of allylic oxidation sites excluding steroid dienone is 2. The number of ether oxygens (including phenoxy) is 3. The van der Waals surface area contributed by atoms with E-state index in [0.717, 1.165) is 12.0 Å². The Balaban J connectivity index is 2.77. The lowest BCUT2D eigenvalue weighted by atomic mass is 10.2. The van der Waals surface area contributed by atoms with Crippen molar-refractivity contribution in [2.24, 2.45) is 0 Å². The third-order valence-corrected chi connectivity index (χ3v) is 2.58. The van der Waals surface area contributed by atoms with Gasteiger partial charge in [-0.25, -0.2) is 0 Å². The summed E-state index contributed by atoms with van der Waals surface area (Å²) in [5.41, 5.74) is 0.918. The molecule has 0 aromatic heterocycles. The third kappa shape index (κ3) is 4.32. The van der Waals surface area contributed by atoms with Gasteiger partial charge in [0, 0.05) is 6.92 Å². The molecule has 1 aromatic carbocycles. The number of Topliss-reactive ketones (excluding diaryl/α,β-unsaturated/α-hetero) is 1. The number of hydrogen-bond acceptors (Lipinski definition) is 4. The van der Waals surface area contributed by atoms with Gasteiger partial charge in [-0.15, -0.1) is 0 Å². The van der Waals surface area contributed by atoms with E-state index in [1.54, 1.807) is 20.3 Å². The lowest BCUT2D eigenvalue weighted by Gasteiger charge is -2.11. The Labute approximate surface area is 114 Å². The van der Waals surface area contributed by atoms with Crippen molar-refractivity contribution in [3.8, 4) is 11.5 Å². The van der Waals surface area contributed by atoms with Crippen molar-refractivity contribution in [3.63, 3.8) is 0 Å². The van der Waals surface area contributed by atoms with Crippen LogP contribution >= 0.6 is 0 Å². The summed E-state index contributed by atoms with van der Waals surface area (Å²) < 4.78 is 15.9. The van der Waals surface area contributed by atoms with Gasteiger partial charge in [0.15, 0.2) is 23.0 Å². The van der Waals surface area contributed by atoms with Crippen LogP contribution in [-0.4, -0.2) is 20.0 Å². The van der Waals surface area contributed by atoms with Crippen LogP contribution in [0.15, 0.2) is 30.0 Å². The summed E-state index contributed by atoms with van der Waals surface area (Å²) in [4.78, 5) is 11.3. The van der Waals surface area contributed by atoms with E-state index in [2.05, 4.69) is 0 Å². The molecule has 0 aliphatic rings. The van der Waals surface area contributed by atoms with Crippen molar-refractivity contribution in [2.45, 2.75) is 26.9 Å². The van der Waals surface area contributed by atoms with Crippen molar-refractivity contribution in [2.75, 3.05) is 14.2 Å². The van der Waals surface area contributed by atoms with Gasteiger partial charge in [0.2, 0.25) is 0 Å². The molecule has 0 bridgehead atoms. The van der Waals surface area contributed by atoms with Gasteiger partial charge < -0.3 is 14.2 Å². The van der Waals surface area contributed by atoms with Crippen molar-refractivity contribution in [3.05, 3.63) is 35.6 Å². The zero-order valence-corrected chi connectivity index (χ0v) is 11.9. The topological polar surface area (TPSA) is 44.8 Å². The Bertz CT molecular complexity index is 463. The maximum absolute atomic E-state index is 11.3. The first kappa shape index (κ1) is 15.1. The number of carbonyl (C=O) groups excluding carboxylic acids is 1.